The smallest absolute Gasteiger partial charge is 0.230 e. The van der Waals surface area contributed by atoms with Crippen molar-refractivity contribution in [2.24, 2.45) is 0 Å². The van der Waals surface area contributed by atoms with Crippen LogP contribution in [0.25, 0.3) is 10.6 Å². The summed E-state index contributed by atoms with van der Waals surface area (Å²) in [5.74, 6) is 0.128. The van der Waals surface area contributed by atoms with Gasteiger partial charge in [-0.1, -0.05) is 23.8 Å². The van der Waals surface area contributed by atoms with Crippen LogP contribution in [0.3, 0.4) is 0 Å². The third kappa shape index (κ3) is 4.95. The monoisotopic (exact) mass is 395 g/mol. The summed E-state index contributed by atoms with van der Waals surface area (Å²) in [6.07, 6.45) is 0.170. The number of nitrogens with one attached hydrogen (secondary N) is 2. The van der Waals surface area contributed by atoms with E-state index in [1.165, 1.54) is 30.9 Å². The first-order chi connectivity index (χ1) is 13.4. The van der Waals surface area contributed by atoms with Crippen LogP contribution in [0.15, 0.2) is 47.8 Å². The van der Waals surface area contributed by atoms with Gasteiger partial charge in [-0.3, -0.25) is 9.59 Å². The van der Waals surface area contributed by atoms with Gasteiger partial charge in [0.05, 0.1) is 24.9 Å². The molecule has 0 saturated heterocycles. The maximum atomic E-state index is 12.4. The number of amides is 2. The molecule has 0 aliphatic carbocycles. The molecule has 0 atom stereocenters. The summed E-state index contributed by atoms with van der Waals surface area (Å²) in [4.78, 5) is 28.3. The quantitative estimate of drug-likeness (QED) is 0.653. The fraction of sp³-hybridized carbons (Fsp3) is 0.190. The molecule has 3 aromatic rings. The lowest BCUT2D eigenvalue weighted by atomic mass is 10.1. The number of thiazole rings is 1. The van der Waals surface area contributed by atoms with Crippen LogP contribution in [-0.4, -0.2) is 23.9 Å². The van der Waals surface area contributed by atoms with Gasteiger partial charge in [0.25, 0.3) is 0 Å². The first-order valence-electron chi connectivity index (χ1n) is 8.71. The van der Waals surface area contributed by atoms with Crippen molar-refractivity contribution in [2.75, 3.05) is 17.7 Å². The Labute approximate surface area is 167 Å². The molecule has 0 radical (unpaired) electrons. The Morgan fingerprint density at radius 3 is 2.68 bits per heavy atom. The molecule has 2 N–H and O–H groups in total. The zero-order valence-corrected chi connectivity index (χ0v) is 16.7. The highest BCUT2D eigenvalue weighted by molar-refractivity contribution is 7.13. The van der Waals surface area contributed by atoms with E-state index in [0.717, 1.165) is 16.3 Å². The van der Waals surface area contributed by atoms with E-state index in [2.05, 4.69) is 21.7 Å². The van der Waals surface area contributed by atoms with E-state index in [9.17, 15) is 9.59 Å². The van der Waals surface area contributed by atoms with Crippen LogP contribution in [0.5, 0.6) is 5.75 Å². The minimum absolute atomic E-state index is 0.170. The number of methoxy groups -OCH3 is 1. The predicted octanol–water partition coefficient (Wildman–Crippen LogP) is 4.27. The second-order valence-corrected chi connectivity index (χ2v) is 7.19. The van der Waals surface area contributed by atoms with E-state index in [1.54, 1.807) is 18.2 Å². The highest BCUT2D eigenvalue weighted by atomic mass is 32.1. The van der Waals surface area contributed by atoms with Gasteiger partial charge in [0.15, 0.2) is 0 Å². The van der Waals surface area contributed by atoms with Gasteiger partial charge < -0.3 is 15.4 Å². The summed E-state index contributed by atoms with van der Waals surface area (Å²) in [5.41, 5.74) is 4.01. The predicted molar refractivity (Wildman–Crippen MR) is 112 cm³/mol. The fourth-order valence-electron chi connectivity index (χ4n) is 2.74. The Bertz CT molecular complexity index is 1010. The molecule has 0 unspecified atom stereocenters. The van der Waals surface area contributed by atoms with Crippen molar-refractivity contribution in [1.82, 2.24) is 4.98 Å². The van der Waals surface area contributed by atoms with Gasteiger partial charge in [-0.25, -0.2) is 4.98 Å². The van der Waals surface area contributed by atoms with Crippen molar-refractivity contribution in [3.63, 3.8) is 0 Å². The van der Waals surface area contributed by atoms with E-state index in [-0.39, 0.29) is 18.2 Å². The number of carbonyl (C=O) groups excluding carboxylic acids is 2. The van der Waals surface area contributed by atoms with E-state index in [1.807, 2.05) is 30.5 Å². The number of anilines is 2. The molecule has 0 spiro atoms. The van der Waals surface area contributed by atoms with Crippen molar-refractivity contribution >= 4 is 34.5 Å². The Kier molecular flexibility index (Phi) is 6.06. The van der Waals surface area contributed by atoms with Crippen LogP contribution in [0.1, 0.15) is 18.2 Å². The molecule has 2 aromatic carbocycles. The molecule has 2 amide bonds. The van der Waals surface area contributed by atoms with Crippen LogP contribution < -0.4 is 15.4 Å². The van der Waals surface area contributed by atoms with Gasteiger partial charge in [0.1, 0.15) is 10.8 Å². The number of benzene rings is 2. The van der Waals surface area contributed by atoms with E-state index < -0.39 is 0 Å². The number of rotatable bonds is 6. The third-order valence-corrected chi connectivity index (χ3v) is 4.89. The third-order valence-electron chi connectivity index (χ3n) is 3.95. The summed E-state index contributed by atoms with van der Waals surface area (Å²) < 4.78 is 5.22. The van der Waals surface area contributed by atoms with E-state index >= 15 is 0 Å². The molecule has 1 heterocycles. The normalized spacial score (nSPS) is 10.4. The molecular formula is C21H21N3O3S. The minimum atomic E-state index is -0.215. The van der Waals surface area contributed by atoms with Crippen molar-refractivity contribution < 1.29 is 14.3 Å². The maximum absolute atomic E-state index is 12.4. The van der Waals surface area contributed by atoms with Crippen molar-refractivity contribution in [3.05, 3.63) is 59.1 Å². The molecule has 144 valence electrons. The summed E-state index contributed by atoms with van der Waals surface area (Å²) in [6, 6.07) is 13.2. The summed E-state index contributed by atoms with van der Waals surface area (Å²) in [6.45, 7) is 3.45. The SMILES string of the molecule is COc1ccc(NC(=O)Cc2csc(-c3cccc(C)c3)n2)cc1NC(C)=O. The second kappa shape index (κ2) is 8.67. The molecule has 3 rings (SSSR count). The zero-order valence-electron chi connectivity index (χ0n) is 15.9. The lowest BCUT2D eigenvalue weighted by Crippen LogP contribution is -2.15. The average molecular weight is 395 g/mol. The lowest BCUT2D eigenvalue weighted by Gasteiger charge is -2.11. The maximum Gasteiger partial charge on any atom is 0.230 e. The number of carbonyl (C=O) groups is 2. The van der Waals surface area contributed by atoms with Crippen LogP contribution >= 0.6 is 11.3 Å². The summed E-state index contributed by atoms with van der Waals surface area (Å²) in [5, 5.41) is 8.31. The van der Waals surface area contributed by atoms with Gasteiger partial charge in [0.2, 0.25) is 11.8 Å². The lowest BCUT2D eigenvalue weighted by molar-refractivity contribution is -0.116. The van der Waals surface area contributed by atoms with Gasteiger partial charge in [-0.15, -0.1) is 11.3 Å². The molecule has 28 heavy (non-hydrogen) atoms. The Morgan fingerprint density at radius 2 is 1.96 bits per heavy atom. The van der Waals surface area contributed by atoms with Gasteiger partial charge in [0, 0.05) is 23.6 Å². The number of ether oxygens (including phenoxy) is 1. The molecule has 0 saturated carbocycles. The van der Waals surface area contributed by atoms with Crippen LogP contribution in [0.2, 0.25) is 0 Å². The molecule has 0 fully saturated rings. The number of hydrogen-bond donors (Lipinski definition) is 2. The Balaban J connectivity index is 1.68. The van der Waals surface area contributed by atoms with Crippen molar-refractivity contribution in [2.45, 2.75) is 20.3 Å². The highest BCUT2D eigenvalue weighted by Crippen LogP contribution is 2.28. The Hall–Kier alpha value is -3.19. The number of aryl methyl sites for hydroxylation is 1. The molecule has 0 aliphatic heterocycles. The Morgan fingerprint density at radius 1 is 1.14 bits per heavy atom. The molecule has 6 nitrogen and oxygen atoms in total. The second-order valence-electron chi connectivity index (χ2n) is 6.33. The first kappa shape index (κ1) is 19.6. The van der Waals surface area contributed by atoms with Crippen LogP contribution in [-0.2, 0) is 16.0 Å². The van der Waals surface area contributed by atoms with Crippen LogP contribution in [0, 0.1) is 6.92 Å². The summed E-state index contributed by atoms with van der Waals surface area (Å²) >= 11 is 1.52. The topological polar surface area (TPSA) is 80.3 Å². The number of aromatic nitrogens is 1. The van der Waals surface area contributed by atoms with Gasteiger partial charge in [-0.05, 0) is 31.2 Å². The summed E-state index contributed by atoms with van der Waals surface area (Å²) in [7, 11) is 1.52. The van der Waals surface area contributed by atoms with Crippen molar-refractivity contribution in [3.8, 4) is 16.3 Å². The van der Waals surface area contributed by atoms with Crippen molar-refractivity contribution in [1.29, 1.82) is 0 Å². The highest BCUT2D eigenvalue weighted by Gasteiger charge is 2.11. The largest absolute Gasteiger partial charge is 0.495 e. The number of nitrogens with zero attached hydrogens (tertiary/aromatic N) is 1. The van der Waals surface area contributed by atoms with Crippen LogP contribution in [0.4, 0.5) is 11.4 Å². The molecule has 0 aliphatic rings. The molecular weight excluding hydrogens is 374 g/mol. The molecule has 0 bridgehead atoms. The standard InChI is InChI=1S/C21H21N3O3S/c1-13-5-4-6-15(9-13)21-24-17(12-28-21)11-20(26)23-16-7-8-19(27-3)18(10-16)22-14(2)25/h4-10,12H,11H2,1-3H3,(H,22,25)(H,23,26). The molecule has 7 heteroatoms. The van der Waals surface area contributed by atoms with Gasteiger partial charge >= 0.3 is 0 Å². The average Bonchev–Trinajstić information content (AvgIpc) is 3.10. The fourth-order valence-corrected chi connectivity index (χ4v) is 3.56. The minimum Gasteiger partial charge on any atom is -0.495 e. The van der Waals surface area contributed by atoms with E-state index in [0.29, 0.717) is 17.1 Å². The van der Waals surface area contributed by atoms with Gasteiger partial charge in [-0.2, -0.15) is 0 Å². The van der Waals surface area contributed by atoms with E-state index in [4.69, 9.17) is 4.74 Å². The first-order valence-corrected chi connectivity index (χ1v) is 9.59. The molecule has 1 aromatic heterocycles. The number of hydrogen-bond acceptors (Lipinski definition) is 5. The zero-order chi connectivity index (χ0) is 20.1.